The number of aliphatic hydroxyl groups is 1. The Balaban J connectivity index is 1.35. The van der Waals surface area contributed by atoms with Crippen molar-refractivity contribution >= 4 is 5.97 Å². The normalized spacial score (nSPS) is 18.1. The standard InChI is InChI=1S/C22H27NO5/c24-21(26-16-18-8-3-1-4-9-18)13-15-28-23-14-7-12-20(23)22(25)27-17-19-10-5-2-6-11-19/h1-6,8-11,20,22,25H,7,12-17H2/t20-,22?/m1/s1. The summed E-state index contributed by atoms with van der Waals surface area (Å²) in [6.45, 7) is 1.53. The molecule has 6 heteroatoms. The Hall–Kier alpha value is -2.25. The lowest BCUT2D eigenvalue weighted by atomic mass is 10.2. The van der Waals surface area contributed by atoms with Crippen LogP contribution >= 0.6 is 0 Å². The average Bonchev–Trinajstić information content (AvgIpc) is 3.21. The molecule has 2 atom stereocenters. The van der Waals surface area contributed by atoms with Gasteiger partial charge in [-0.15, -0.1) is 0 Å². The van der Waals surface area contributed by atoms with Crippen molar-refractivity contribution in [1.82, 2.24) is 5.06 Å². The van der Waals surface area contributed by atoms with E-state index in [-0.39, 0.29) is 31.6 Å². The van der Waals surface area contributed by atoms with Crippen molar-refractivity contribution in [3.05, 3.63) is 71.8 Å². The quantitative estimate of drug-likeness (QED) is 0.501. The van der Waals surface area contributed by atoms with E-state index in [2.05, 4.69) is 0 Å². The highest BCUT2D eigenvalue weighted by molar-refractivity contribution is 5.69. The second-order valence-corrected chi connectivity index (χ2v) is 6.77. The third kappa shape index (κ3) is 6.42. The molecule has 1 fully saturated rings. The van der Waals surface area contributed by atoms with Crippen LogP contribution in [0.5, 0.6) is 0 Å². The van der Waals surface area contributed by atoms with E-state index in [9.17, 15) is 9.90 Å². The molecule has 0 bridgehead atoms. The van der Waals surface area contributed by atoms with Gasteiger partial charge in [-0.1, -0.05) is 60.7 Å². The number of ether oxygens (including phenoxy) is 2. The Morgan fingerprint density at radius 2 is 1.68 bits per heavy atom. The highest BCUT2D eigenvalue weighted by Gasteiger charge is 2.32. The fourth-order valence-corrected chi connectivity index (χ4v) is 3.13. The van der Waals surface area contributed by atoms with Gasteiger partial charge in [0.1, 0.15) is 6.61 Å². The van der Waals surface area contributed by atoms with Gasteiger partial charge in [0.05, 0.1) is 25.7 Å². The minimum Gasteiger partial charge on any atom is -0.461 e. The van der Waals surface area contributed by atoms with Crippen LogP contribution < -0.4 is 0 Å². The highest BCUT2D eigenvalue weighted by atomic mass is 16.7. The number of hydrogen-bond donors (Lipinski definition) is 1. The monoisotopic (exact) mass is 385 g/mol. The van der Waals surface area contributed by atoms with Gasteiger partial charge in [-0.2, -0.15) is 5.06 Å². The Labute approximate surface area is 165 Å². The van der Waals surface area contributed by atoms with Crippen molar-refractivity contribution in [2.75, 3.05) is 13.2 Å². The number of esters is 1. The molecule has 0 aromatic heterocycles. The average molecular weight is 385 g/mol. The van der Waals surface area contributed by atoms with E-state index in [1.54, 1.807) is 5.06 Å². The third-order valence-corrected chi connectivity index (χ3v) is 4.65. The zero-order valence-electron chi connectivity index (χ0n) is 15.9. The topological polar surface area (TPSA) is 68.2 Å². The smallest absolute Gasteiger partial charge is 0.308 e. The summed E-state index contributed by atoms with van der Waals surface area (Å²) in [6.07, 6.45) is 0.924. The van der Waals surface area contributed by atoms with Crippen LogP contribution in [0.4, 0.5) is 0 Å². The second-order valence-electron chi connectivity index (χ2n) is 6.77. The number of rotatable bonds is 10. The molecule has 0 aliphatic carbocycles. The van der Waals surface area contributed by atoms with Gasteiger partial charge in [0, 0.05) is 6.54 Å². The molecule has 2 aromatic carbocycles. The van der Waals surface area contributed by atoms with Gasteiger partial charge >= 0.3 is 5.97 Å². The molecular formula is C22H27NO5. The van der Waals surface area contributed by atoms with Gasteiger partial charge < -0.3 is 14.6 Å². The number of benzene rings is 2. The van der Waals surface area contributed by atoms with Crippen LogP contribution in [0.15, 0.2) is 60.7 Å². The summed E-state index contributed by atoms with van der Waals surface area (Å²) < 4.78 is 10.8. The molecule has 3 rings (SSSR count). The molecule has 6 nitrogen and oxygen atoms in total. The Morgan fingerprint density at radius 3 is 2.36 bits per heavy atom. The molecule has 0 radical (unpaired) electrons. The van der Waals surface area contributed by atoms with Crippen molar-refractivity contribution in [2.45, 2.75) is 44.8 Å². The minimum absolute atomic E-state index is 0.164. The Morgan fingerprint density at radius 1 is 1.04 bits per heavy atom. The first-order chi connectivity index (χ1) is 13.7. The lowest BCUT2D eigenvalue weighted by Gasteiger charge is -2.27. The summed E-state index contributed by atoms with van der Waals surface area (Å²) in [5.41, 5.74) is 1.96. The summed E-state index contributed by atoms with van der Waals surface area (Å²) in [6, 6.07) is 19.1. The van der Waals surface area contributed by atoms with Crippen molar-refractivity contribution in [3.8, 4) is 0 Å². The van der Waals surface area contributed by atoms with E-state index in [4.69, 9.17) is 14.3 Å². The lowest BCUT2D eigenvalue weighted by molar-refractivity contribution is -0.235. The van der Waals surface area contributed by atoms with Gasteiger partial charge in [-0.3, -0.25) is 9.63 Å². The molecule has 1 unspecified atom stereocenters. The number of carbonyl (C=O) groups excluding carboxylic acids is 1. The number of aliphatic hydroxyl groups excluding tert-OH is 1. The molecule has 1 saturated heterocycles. The minimum atomic E-state index is -0.937. The van der Waals surface area contributed by atoms with Crippen LogP contribution in [0.2, 0.25) is 0 Å². The number of nitrogens with zero attached hydrogens (tertiary/aromatic N) is 1. The van der Waals surface area contributed by atoms with Crippen molar-refractivity contribution < 1.29 is 24.2 Å². The number of hydrogen-bond acceptors (Lipinski definition) is 6. The van der Waals surface area contributed by atoms with Gasteiger partial charge in [0.2, 0.25) is 0 Å². The molecule has 2 aromatic rings. The largest absolute Gasteiger partial charge is 0.461 e. The van der Waals surface area contributed by atoms with E-state index < -0.39 is 6.29 Å². The molecule has 1 aliphatic rings. The van der Waals surface area contributed by atoms with E-state index in [0.717, 1.165) is 24.0 Å². The van der Waals surface area contributed by atoms with Gasteiger partial charge in [0.25, 0.3) is 0 Å². The van der Waals surface area contributed by atoms with Gasteiger partial charge in [-0.25, -0.2) is 0 Å². The summed E-state index contributed by atoms with van der Waals surface area (Å²) in [5.74, 6) is -0.305. The van der Waals surface area contributed by atoms with Crippen molar-refractivity contribution in [2.24, 2.45) is 0 Å². The predicted molar refractivity (Wildman–Crippen MR) is 104 cm³/mol. The number of hydroxylamine groups is 2. The van der Waals surface area contributed by atoms with Crippen LogP contribution in [-0.2, 0) is 32.3 Å². The van der Waals surface area contributed by atoms with Crippen LogP contribution in [0.1, 0.15) is 30.4 Å². The molecule has 150 valence electrons. The van der Waals surface area contributed by atoms with Crippen LogP contribution in [-0.4, -0.2) is 41.6 Å². The first-order valence-corrected chi connectivity index (χ1v) is 9.65. The molecule has 1 N–H and O–H groups in total. The molecule has 0 saturated carbocycles. The van der Waals surface area contributed by atoms with Crippen molar-refractivity contribution in [3.63, 3.8) is 0 Å². The second kappa shape index (κ2) is 10.9. The van der Waals surface area contributed by atoms with E-state index in [1.165, 1.54) is 0 Å². The third-order valence-electron chi connectivity index (χ3n) is 4.65. The maximum atomic E-state index is 11.9. The SMILES string of the molecule is O=C(CCON1CCC[C@@H]1C(O)OCc1ccccc1)OCc1ccccc1. The summed E-state index contributed by atoms with van der Waals surface area (Å²) >= 11 is 0. The first-order valence-electron chi connectivity index (χ1n) is 9.65. The summed E-state index contributed by atoms with van der Waals surface area (Å²) in [7, 11) is 0. The summed E-state index contributed by atoms with van der Waals surface area (Å²) in [5, 5.41) is 12.1. The van der Waals surface area contributed by atoms with Crippen molar-refractivity contribution in [1.29, 1.82) is 0 Å². The van der Waals surface area contributed by atoms with Crippen LogP contribution in [0, 0.1) is 0 Å². The van der Waals surface area contributed by atoms with Gasteiger partial charge in [-0.05, 0) is 24.0 Å². The fraction of sp³-hybridized carbons (Fsp3) is 0.409. The molecule has 28 heavy (non-hydrogen) atoms. The maximum absolute atomic E-state index is 11.9. The Bertz CT molecular complexity index is 709. The highest BCUT2D eigenvalue weighted by Crippen LogP contribution is 2.22. The van der Waals surface area contributed by atoms with E-state index >= 15 is 0 Å². The Kier molecular flexibility index (Phi) is 7.99. The zero-order chi connectivity index (χ0) is 19.6. The van der Waals surface area contributed by atoms with E-state index in [0.29, 0.717) is 13.2 Å². The maximum Gasteiger partial charge on any atom is 0.308 e. The van der Waals surface area contributed by atoms with Crippen LogP contribution in [0.25, 0.3) is 0 Å². The lowest BCUT2D eigenvalue weighted by Crippen LogP contribution is -2.40. The predicted octanol–water partition coefficient (Wildman–Crippen LogP) is 3.05. The molecule has 1 aliphatic heterocycles. The summed E-state index contributed by atoms with van der Waals surface area (Å²) in [4.78, 5) is 17.6. The molecule has 1 heterocycles. The zero-order valence-corrected chi connectivity index (χ0v) is 15.9. The van der Waals surface area contributed by atoms with Crippen LogP contribution in [0.3, 0.4) is 0 Å². The molecular weight excluding hydrogens is 358 g/mol. The molecule has 0 amide bonds. The van der Waals surface area contributed by atoms with Gasteiger partial charge in [0.15, 0.2) is 6.29 Å². The van der Waals surface area contributed by atoms with E-state index in [1.807, 2.05) is 60.7 Å². The number of carbonyl (C=O) groups is 1. The molecule has 0 spiro atoms. The first kappa shape index (κ1) is 20.5. The fourth-order valence-electron chi connectivity index (χ4n) is 3.13.